The lowest BCUT2D eigenvalue weighted by Gasteiger charge is -2.32. The van der Waals surface area contributed by atoms with E-state index in [0.29, 0.717) is 34.9 Å². The summed E-state index contributed by atoms with van der Waals surface area (Å²) in [5, 5.41) is 6.34. The predicted octanol–water partition coefficient (Wildman–Crippen LogP) is 19.0. The average molecular weight is 1140 g/mol. The lowest BCUT2D eigenvalue weighted by atomic mass is 9.78. The van der Waals surface area contributed by atoms with Crippen molar-refractivity contribution in [3.05, 3.63) is 261 Å². The summed E-state index contributed by atoms with van der Waals surface area (Å²) in [4.78, 5) is 29.7. The monoisotopic (exact) mass is 1140 g/mol. The van der Waals surface area contributed by atoms with Gasteiger partial charge >= 0.3 is 7.12 Å². The van der Waals surface area contributed by atoms with Gasteiger partial charge in [-0.1, -0.05) is 238 Å². The van der Waals surface area contributed by atoms with E-state index >= 15 is 0 Å². The van der Waals surface area contributed by atoms with Crippen LogP contribution in [0.5, 0.6) is 0 Å². The Morgan fingerprint density at radius 3 is 1.05 bits per heavy atom. The van der Waals surface area contributed by atoms with Gasteiger partial charge in [0.05, 0.1) is 11.2 Å². The second kappa shape index (κ2) is 22.6. The molecule has 0 spiro atoms. The first-order valence-corrected chi connectivity index (χ1v) is 29.2. The Kier molecular flexibility index (Phi) is 14.2. The van der Waals surface area contributed by atoms with Crippen LogP contribution in [0.2, 0.25) is 0 Å². The van der Waals surface area contributed by atoms with E-state index in [2.05, 4.69) is 125 Å². The number of aromatic nitrogens is 6. The number of hydrogen-bond acceptors (Lipinski definition) is 10. The molecular formula is C77H59BN6O4. The standard InChI is InChI=1S/C43H27N3O.C33H28BN3O3.CH4/c1-4-13-28(14-5-1)32-24-25-33(35-20-11-10-19-34(32)35)31-23-26-38-37(27-31)40-36(21-12-22-39(40)47-38)43-45-41(29-15-6-2-7-16-29)44-42(46-43)30-17-8-3-9-18-30;1-32(2)33(3,4)40-34(39-32)23-18-19-26-25(20-23)28-24(16-11-17-27(28)38-26)31-36-29(21-12-7-5-8-13-21)35-30(37-31)22-14-9-6-10-15-22;/h1-27H;5-20H,1-4H3;1H4. The first kappa shape index (κ1) is 55.2. The molecule has 0 bridgehead atoms. The minimum Gasteiger partial charge on any atom is -0.456 e. The van der Waals surface area contributed by atoms with Gasteiger partial charge in [0, 0.05) is 54.9 Å². The van der Waals surface area contributed by atoms with Crippen LogP contribution in [0.3, 0.4) is 0 Å². The molecule has 0 radical (unpaired) electrons. The maximum Gasteiger partial charge on any atom is 0.494 e. The summed E-state index contributed by atoms with van der Waals surface area (Å²) < 4.78 is 25.4. The SMILES string of the molecule is C.CC1(C)OB(c2ccc3oc4cccc(-c5nc(-c6ccccc6)nc(-c6ccccc6)n5)c4c3c2)OC1(C)C.c1ccc(-c2nc(-c3ccccc3)nc(-c3cccc4oc5ccc(-c6ccc(-c7ccccc7)c7ccccc67)cc5c34)n2)cc1. The van der Waals surface area contributed by atoms with Crippen molar-refractivity contribution in [1.82, 2.24) is 29.9 Å². The highest BCUT2D eigenvalue weighted by molar-refractivity contribution is 6.62. The fraction of sp³-hybridized carbons (Fsp3) is 0.0909. The molecule has 4 aromatic heterocycles. The highest BCUT2D eigenvalue weighted by Gasteiger charge is 2.51. The molecule has 10 nitrogen and oxygen atoms in total. The molecule has 424 valence electrons. The molecular weight excluding hydrogens is 1080 g/mol. The zero-order valence-corrected chi connectivity index (χ0v) is 48.2. The molecule has 1 fully saturated rings. The van der Waals surface area contributed by atoms with Gasteiger partial charge in [0.15, 0.2) is 34.9 Å². The minimum atomic E-state index is -0.474. The highest BCUT2D eigenvalue weighted by Crippen LogP contribution is 2.43. The second-order valence-corrected chi connectivity index (χ2v) is 22.8. The van der Waals surface area contributed by atoms with E-state index in [1.807, 2.05) is 164 Å². The second-order valence-electron chi connectivity index (χ2n) is 22.8. The van der Waals surface area contributed by atoms with Crippen molar-refractivity contribution in [1.29, 1.82) is 0 Å². The Morgan fingerprint density at radius 1 is 0.273 bits per heavy atom. The van der Waals surface area contributed by atoms with Crippen molar-refractivity contribution < 1.29 is 18.1 Å². The zero-order chi connectivity index (χ0) is 58.6. The predicted molar refractivity (Wildman–Crippen MR) is 358 cm³/mol. The Labute approximate surface area is 510 Å². The summed E-state index contributed by atoms with van der Waals surface area (Å²) in [6.45, 7) is 8.25. The number of rotatable bonds is 9. The fourth-order valence-corrected chi connectivity index (χ4v) is 11.6. The third kappa shape index (κ3) is 10.2. The van der Waals surface area contributed by atoms with Crippen molar-refractivity contribution in [2.45, 2.75) is 46.3 Å². The van der Waals surface area contributed by atoms with Gasteiger partial charge in [-0.15, -0.1) is 0 Å². The van der Waals surface area contributed by atoms with Gasteiger partial charge in [-0.2, -0.15) is 0 Å². The summed E-state index contributed by atoms with van der Waals surface area (Å²) >= 11 is 0. The molecule has 1 aliphatic heterocycles. The fourth-order valence-electron chi connectivity index (χ4n) is 11.6. The summed E-state index contributed by atoms with van der Waals surface area (Å²) in [7, 11) is -0.474. The van der Waals surface area contributed by atoms with Crippen LogP contribution in [0.15, 0.2) is 270 Å². The summed E-state index contributed by atoms with van der Waals surface area (Å²) in [5.41, 5.74) is 13.5. The van der Waals surface area contributed by atoms with Crippen molar-refractivity contribution in [3.8, 4) is 90.6 Å². The van der Waals surface area contributed by atoms with Crippen LogP contribution in [-0.2, 0) is 9.31 Å². The lowest BCUT2D eigenvalue weighted by molar-refractivity contribution is 0.00578. The number of furan rings is 2. The Bertz CT molecular complexity index is 4930. The Balaban J connectivity index is 0.000000155. The lowest BCUT2D eigenvalue weighted by Crippen LogP contribution is -2.41. The average Bonchev–Trinajstić information content (AvgIpc) is 1.88. The van der Waals surface area contributed by atoms with Crippen molar-refractivity contribution in [2.24, 2.45) is 0 Å². The molecule has 0 N–H and O–H groups in total. The van der Waals surface area contributed by atoms with E-state index in [9.17, 15) is 0 Å². The Hall–Kier alpha value is -10.7. The molecule has 5 heterocycles. The largest absolute Gasteiger partial charge is 0.494 e. The van der Waals surface area contributed by atoms with Crippen LogP contribution < -0.4 is 5.46 Å². The van der Waals surface area contributed by atoms with Crippen LogP contribution in [0.25, 0.3) is 145 Å². The molecule has 88 heavy (non-hydrogen) atoms. The van der Waals surface area contributed by atoms with Crippen LogP contribution in [0.1, 0.15) is 35.1 Å². The summed E-state index contributed by atoms with van der Waals surface area (Å²) in [5.74, 6) is 3.69. The molecule has 0 unspecified atom stereocenters. The molecule has 11 aromatic carbocycles. The van der Waals surface area contributed by atoms with E-state index in [1.165, 1.54) is 27.5 Å². The Morgan fingerprint density at radius 2 is 0.625 bits per heavy atom. The maximum atomic E-state index is 6.43. The van der Waals surface area contributed by atoms with Gasteiger partial charge in [0.2, 0.25) is 0 Å². The first-order valence-electron chi connectivity index (χ1n) is 29.2. The van der Waals surface area contributed by atoms with Crippen LogP contribution in [0.4, 0.5) is 0 Å². The van der Waals surface area contributed by atoms with Gasteiger partial charge in [0.1, 0.15) is 22.3 Å². The van der Waals surface area contributed by atoms with Crippen LogP contribution in [0, 0.1) is 0 Å². The van der Waals surface area contributed by atoms with Crippen LogP contribution in [-0.4, -0.2) is 48.2 Å². The molecule has 15 aromatic rings. The molecule has 1 saturated heterocycles. The molecule has 16 rings (SSSR count). The highest BCUT2D eigenvalue weighted by atomic mass is 16.7. The van der Waals surface area contributed by atoms with Gasteiger partial charge in [0.25, 0.3) is 0 Å². The topological polar surface area (TPSA) is 122 Å². The van der Waals surface area contributed by atoms with Crippen molar-refractivity contribution >= 4 is 67.2 Å². The molecule has 11 heteroatoms. The number of benzene rings is 11. The van der Waals surface area contributed by atoms with Gasteiger partial charge in [-0.25, -0.2) is 29.9 Å². The third-order valence-corrected chi connectivity index (χ3v) is 16.7. The number of nitrogens with zero attached hydrogens (tertiary/aromatic N) is 6. The maximum absolute atomic E-state index is 6.43. The normalized spacial score (nSPS) is 13.4. The molecule has 0 aliphatic carbocycles. The number of fused-ring (bicyclic) bond motifs is 7. The molecule has 0 saturated carbocycles. The van der Waals surface area contributed by atoms with E-state index < -0.39 is 18.3 Å². The number of hydrogen-bond donors (Lipinski definition) is 0. The van der Waals surface area contributed by atoms with Crippen molar-refractivity contribution in [2.75, 3.05) is 0 Å². The quantitative estimate of drug-likeness (QED) is 0.129. The smallest absolute Gasteiger partial charge is 0.456 e. The minimum absolute atomic E-state index is 0. The van der Waals surface area contributed by atoms with E-state index in [4.69, 9.17) is 48.0 Å². The molecule has 1 aliphatic rings. The summed E-state index contributed by atoms with van der Waals surface area (Å²) in [6, 6.07) is 88.4. The molecule has 0 atom stereocenters. The van der Waals surface area contributed by atoms with Gasteiger partial charge in [-0.3, -0.25) is 0 Å². The van der Waals surface area contributed by atoms with Gasteiger partial charge < -0.3 is 18.1 Å². The van der Waals surface area contributed by atoms with E-state index in [0.717, 1.165) is 88.3 Å². The first-order chi connectivity index (χ1) is 42.6. The zero-order valence-electron chi connectivity index (χ0n) is 48.2. The van der Waals surface area contributed by atoms with E-state index in [-0.39, 0.29) is 7.43 Å². The van der Waals surface area contributed by atoms with Gasteiger partial charge in [-0.05, 0) is 96.5 Å². The summed E-state index contributed by atoms with van der Waals surface area (Å²) in [6.07, 6.45) is 0. The van der Waals surface area contributed by atoms with Crippen molar-refractivity contribution in [3.63, 3.8) is 0 Å². The third-order valence-electron chi connectivity index (χ3n) is 16.7. The van der Waals surface area contributed by atoms with Crippen LogP contribution >= 0.6 is 0 Å². The van der Waals surface area contributed by atoms with E-state index in [1.54, 1.807) is 0 Å². The molecule has 0 amide bonds.